The number of hydrogen-bond donors (Lipinski definition) is 1. The summed E-state index contributed by atoms with van der Waals surface area (Å²) >= 11 is 0. The number of hydrogen-bond acceptors (Lipinski definition) is 3. The van der Waals surface area contributed by atoms with E-state index in [1.165, 1.54) is 5.56 Å². The molecule has 0 saturated carbocycles. The molecule has 4 nitrogen and oxygen atoms in total. The van der Waals surface area contributed by atoms with E-state index >= 15 is 0 Å². The van der Waals surface area contributed by atoms with Crippen LogP contribution in [-0.4, -0.2) is 23.7 Å². The van der Waals surface area contributed by atoms with Crippen LogP contribution < -0.4 is 10.1 Å². The highest BCUT2D eigenvalue weighted by Crippen LogP contribution is 2.28. The summed E-state index contributed by atoms with van der Waals surface area (Å²) in [5, 5.41) is 3.41. The Morgan fingerprint density at radius 2 is 2.00 bits per heavy atom. The normalized spacial score (nSPS) is 14.0. The van der Waals surface area contributed by atoms with E-state index in [0.717, 1.165) is 18.0 Å². The number of aryl methyl sites for hydroxylation is 1. The first kappa shape index (κ1) is 14.6. The maximum atomic E-state index is 5.22. The van der Waals surface area contributed by atoms with Gasteiger partial charge in [-0.1, -0.05) is 19.1 Å². The SMILES string of the molecule is CCc1nccn1C(C)C(NC)c1ccc(OC)cc1. The van der Waals surface area contributed by atoms with Crippen LogP contribution in [0.5, 0.6) is 5.75 Å². The maximum absolute atomic E-state index is 5.22. The van der Waals surface area contributed by atoms with Crippen molar-refractivity contribution in [3.05, 3.63) is 48.0 Å². The van der Waals surface area contributed by atoms with Crippen molar-refractivity contribution in [2.24, 2.45) is 0 Å². The first-order chi connectivity index (χ1) is 9.71. The van der Waals surface area contributed by atoms with Crippen molar-refractivity contribution in [3.8, 4) is 5.75 Å². The van der Waals surface area contributed by atoms with Crippen LogP contribution in [-0.2, 0) is 6.42 Å². The molecule has 2 atom stereocenters. The molecule has 2 unspecified atom stereocenters. The van der Waals surface area contributed by atoms with Crippen molar-refractivity contribution in [1.29, 1.82) is 0 Å². The molecule has 20 heavy (non-hydrogen) atoms. The summed E-state index contributed by atoms with van der Waals surface area (Å²) in [6.07, 6.45) is 4.86. The average molecular weight is 273 g/mol. The predicted molar refractivity (Wildman–Crippen MR) is 81.1 cm³/mol. The van der Waals surface area contributed by atoms with E-state index in [0.29, 0.717) is 6.04 Å². The molecule has 0 aliphatic rings. The molecule has 4 heteroatoms. The van der Waals surface area contributed by atoms with Crippen molar-refractivity contribution < 1.29 is 4.74 Å². The Morgan fingerprint density at radius 3 is 2.55 bits per heavy atom. The molecule has 0 fully saturated rings. The summed E-state index contributed by atoms with van der Waals surface area (Å²) in [6, 6.07) is 8.76. The molecular weight excluding hydrogens is 250 g/mol. The summed E-state index contributed by atoms with van der Waals surface area (Å²) in [6.45, 7) is 4.35. The molecule has 1 aromatic heterocycles. The van der Waals surface area contributed by atoms with Crippen LogP contribution in [0, 0.1) is 0 Å². The van der Waals surface area contributed by atoms with Gasteiger partial charge >= 0.3 is 0 Å². The van der Waals surface area contributed by atoms with Gasteiger partial charge in [0.15, 0.2) is 0 Å². The second kappa shape index (κ2) is 6.57. The first-order valence-corrected chi connectivity index (χ1v) is 7.04. The van der Waals surface area contributed by atoms with Crippen LogP contribution in [0.3, 0.4) is 0 Å². The highest BCUT2D eigenvalue weighted by molar-refractivity contribution is 5.29. The highest BCUT2D eigenvalue weighted by Gasteiger charge is 2.20. The smallest absolute Gasteiger partial charge is 0.118 e. The fraction of sp³-hybridized carbons (Fsp3) is 0.438. The molecule has 0 amide bonds. The molecule has 1 heterocycles. The lowest BCUT2D eigenvalue weighted by atomic mass is 10.00. The predicted octanol–water partition coefficient (Wildman–Crippen LogP) is 2.98. The Morgan fingerprint density at radius 1 is 1.30 bits per heavy atom. The lowest BCUT2D eigenvalue weighted by Crippen LogP contribution is -2.26. The molecule has 0 saturated heterocycles. The quantitative estimate of drug-likeness (QED) is 0.879. The molecule has 2 rings (SSSR count). The largest absolute Gasteiger partial charge is 0.497 e. The van der Waals surface area contributed by atoms with Crippen molar-refractivity contribution in [3.63, 3.8) is 0 Å². The summed E-state index contributed by atoms with van der Waals surface area (Å²) in [7, 11) is 3.68. The van der Waals surface area contributed by atoms with E-state index in [1.54, 1.807) is 7.11 Å². The Hall–Kier alpha value is -1.81. The molecule has 1 aromatic carbocycles. The van der Waals surface area contributed by atoms with Crippen molar-refractivity contribution >= 4 is 0 Å². The Labute approximate surface area is 120 Å². The number of imidazole rings is 1. The number of methoxy groups -OCH3 is 1. The van der Waals surface area contributed by atoms with Crippen molar-refractivity contribution in [1.82, 2.24) is 14.9 Å². The minimum atomic E-state index is 0.236. The zero-order chi connectivity index (χ0) is 14.5. The van der Waals surface area contributed by atoms with Crippen LogP contribution in [0.1, 0.15) is 37.3 Å². The molecule has 0 aliphatic heterocycles. The van der Waals surface area contributed by atoms with Crippen LogP contribution >= 0.6 is 0 Å². The Bertz CT molecular complexity index is 533. The highest BCUT2D eigenvalue weighted by atomic mass is 16.5. The van der Waals surface area contributed by atoms with Gasteiger partial charge < -0.3 is 14.6 Å². The molecule has 1 N–H and O–H groups in total. The minimum absolute atomic E-state index is 0.236. The zero-order valence-corrected chi connectivity index (χ0v) is 12.6. The van der Waals surface area contributed by atoms with Gasteiger partial charge in [0.1, 0.15) is 11.6 Å². The number of aromatic nitrogens is 2. The van der Waals surface area contributed by atoms with Crippen molar-refractivity contribution in [2.45, 2.75) is 32.4 Å². The summed E-state index contributed by atoms with van der Waals surface area (Å²) in [4.78, 5) is 4.41. The molecular formula is C16H23N3O. The van der Waals surface area contributed by atoms with Gasteiger partial charge in [-0.3, -0.25) is 0 Å². The Kier molecular flexibility index (Phi) is 4.79. The van der Waals surface area contributed by atoms with Crippen molar-refractivity contribution in [2.75, 3.05) is 14.2 Å². The summed E-state index contributed by atoms with van der Waals surface area (Å²) in [5.41, 5.74) is 1.25. The number of benzene rings is 1. The fourth-order valence-electron chi connectivity index (χ4n) is 2.65. The third-order valence-electron chi connectivity index (χ3n) is 3.77. The summed E-state index contributed by atoms with van der Waals surface area (Å²) in [5.74, 6) is 2.00. The number of nitrogens with zero attached hydrogens (tertiary/aromatic N) is 2. The van der Waals surface area contributed by atoms with E-state index in [1.807, 2.05) is 25.4 Å². The van der Waals surface area contributed by atoms with Crippen LogP contribution in [0.4, 0.5) is 0 Å². The lowest BCUT2D eigenvalue weighted by molar-refractivity contribution is 0.390. The van der Waals surface area contributed by atoms with Crippen LogP contribution in [0.15, 0.2) is 36.7 Å². The van der Waals surface area contributed by atoms with E-state index in [9.17, 15) is 0 Å². The number of rotatable bonds is 6. The average Bonchev–Trinajstić information content (AvgIpc) is 2.97. The van der Waals surface area contributed by atoms with Gasteiger partial charge in [0.05, 0.1) is 19.2 Å². The monoisotopic (exact) mass is 273 g/mol. The standard InChI is InChI=1S/C16H23N3O/c1-5-15-18-10-11-19(15)12(2)16(17-3)13-6-8-14(20-4)9-7-13/h6-12,16-17H,5H2,1-4H3. The van der Waals surface area contributed by atoms with E-state index < -0.39 is 0 Å². The molecule has 0 bridgehead atoms. The lowest BCUT2D eigenvalue weighted by Gasteiger charge is -2.26. The fourth-order valence-corrected chi connectivity index (χ4v) is 2.65. The molecule has 2 aromatic rings. The zero-order valence-electron chi connectivity index (χ0n) is 12.6. The second-order valence-corrected chi connectivity index (χ2v) is 4.88. The topological polar surface area (TPSA) is 39.1 Å². The van der Waals surface area contributed by atoms with Gasteiger partial charge in [0, 0.05) is 18.8 Å². The van der Waals surface area contributed by atoms with Gasteiger partial charge in [0.2, 0.25) is 0 Å². The van der Waals surface area contributed by atoms with E-state index in [-0.39, 0.29) is 6.04 Å². The molecule has 0 aliphatic carbocycles. The minimum Gasteiger partial charge on any atom is -0.497 e. The van der Waals surface area contributed by atoms with E-state index in [4.69, 9.17) is 4.74 Å². The van der Waals surface area contributed by atoms with Crippen LogP contribution in [0.2, 0.25) is 0 Å². The van der Waals surface area contributed by atoms with Gasteiger partial charge in [-0.2, -0.15) is 0 Å². The van der Waals surface area contributed by atoms with E-state index in [2.05, 4.69) is 47.0 Å². The number of likely N-dealkylation sites (N-methyl/N-ethyl adjacent to an activating group) is 1. The molecule has 0 radical (unpaired) electrons. The maximum Gasteiger partial charge on any atom is 0.118 e. The molecule has 108 valence electrons. The summed E-state index contributed by atoms with van der Waals surface area (Å²) < 4.78 is 7.46. The van der Waals surface area contributed by atoms with Crippen LogP contribution in [0.25, 0.3) is 0 Å². The molecule has 0 spiro atoms. The third-order valence-corrected chi connectivity index (χ3v) is 3.77. The van der Waals surface area contributed by atoms with Gasteiger partial charge in [-0.25, -0.2) is 4.98 Å². The van der Waals surface area contributed by atoms with Gasteiger partial charge in [0.25, 0.3) is 0 Å². The third kappa shape index (κ3) is 2.85. The second-order valence-electron chi connectivity index (χ2n) is 4.88. The Balaban J connectivity index is 2.26. The number of nitrogens with one attached hydrogen (secondary N) is 1. The first-order valence-electron chi connectivity index (χ1n) is 7.04. The number of ether oxygens (including phenoxy) is 1. The van der Waals surface area contributed by atoms with Gasteiger partial charge in [-0.05, 0) is 31.7 Å². The van der Waals surface area contributed by atoms with Gasteiger partial charge in [-0.15, -0.1) is 0 Å².